The third kappa shape index (κ3) is 3.23. The molecular formula is C12H15N3OS. The van der Waals surface area contributed by atoms with Gasteiger partial charge in [-0.2, -0.15) is 16.9 Å². The lowest BCUT2D eigenvalue weighted by Gasteiger charge is -2.09. The maximum absolute atomic E-state index is 5.75. The summed E-state index contributed by atoms with van der Waals surface area (Å²) >= 11 is 1.87. The normalized spacial score (nSPS) is 10.4. The van der Waals surface area contributed by atoms with E-state index in [1.165, 1.54) is 6.33 Å². The molecule has 5 heteroatoms. The monoisotopic (exact) mass is 249 g/mol. The fraction of sp³-hybridized carbons (Fsp3) is 0.333. The average Bonchev–Trinajstić information content (AvgIpc) is 2.89. The quantitative estimate of drug-likeness (QED) is 0.799. The molecule has 0 radical (unpaired) electrons. The zero-order chi connectivity index (χ0) is 11.9. The molecule has 0 saturated carbocycles. The van der Waals surface area contributed by atoms with Crippen molar-refractivity contribution < 1.29 is 4.74 Å². The molecule has 1 N–H and O–H groups in total. The van der Waals surface area contributed by atoms with Gasteiger partial charge in [0.15, 0.2) is 5.82 Å². The summed E-state index contributed by atoms with van der Waals surface area (Å²) in [6.45, 7) is 2.86. The van der Waals surface area contributed by atoms with Crippen LogP contribution in [0.15, 0.2) is 30.6 Å². The van der Waals surface area contributed by atoms with E-state index in [0.717, 1.165) is 28.6 Å². The summed E-state index contributed by atoms with van der Waals surface area (Å²) in [7, 11) is 0. The summed E-state index contributed by atoms with van der Waals surface area (Å²) in [6, 6.07) is 7.85. The molecule has 4 nitrogen and oxygen atoms in total. The number of H-pyrrole nitrogens is 1. The molecule has 0 aliphatic carbocycles. The standard InChI is InChI=1S/C12H15N3OS/c1-2-17-8-7-16-11-6-4-3-5-10(11)12-13-9-14-15-12/h3-6,9H,2,7-8H2,1H3,(H,13,14,15). The minimum atomic E-state index is 0.712. The van der Waals surface area contributed by atoms with E-state index in [1.54, 1.807) is 0 Å². The Balaban J connectivity index is 2.06. The number of rotatable bonds is 6. The number of nitrogens with one attached hydrogen (secondary N) is 1. The summed E-state index contributed by atoms with van der Waals surface area (Å²) in [6.07, 6.45) is 1.50. The molecule has 1 aromatic carbocycles. The largest absolute Gasteiger partial charge is 0.492 e. The third-order valence-corrected chi connectivity index (χ3v) is 3.11. The van der Waals surface area contributed by atoms with Gasteiger partial charge in [-0.05, 0) is 17.9 Å². The first kappa shape index (κ1) is 12.0. The maximum atomic E-state index is 5.75. The Hall–Kier alpha value is -1.49. The van der Waals surface area contributed by atoms with E-state index in [0.29, 0.717) is 6.61 Å². The van der Waals surface area contributed by atoms with E-state index in [1.807, 2.05) is 36.0 Å². The van der Waals surface area contributed by atoms with E-state index in [4.69, 9.17) is 4.74 Å². The van der Waals surface area contributed by atoms with Crippen molar-refractivity contribution >= 4 is 11.8 Å². The Kier molecular flexibility index (Phi) is 4.44. The lowest BCUT2D eigenvalue weighted by Crippen LogP contribution is -2.01. The highest BCUT2D eigenvalue weighted by Gasteiger charge is 2.07. The zero-order valence-electron chi connectivity index (χ0n) is 9.72. The summed E-state index contributed by atoms with van der Waals surface area (Å²) in [5.41, 5.74) is 0.950. The van der Waals surface area contributed by atoms with Crippen LogP contribution < -0.4 is 4.74 Å². The van der Waals surface area contributed by atoms with E-state index >= 15 is 0 Å². The average molecular weight is 249 g/mol. The van der Waals surface area contributed by atoms with Crippen LogP contribution in [0.4, 0.5) is 0 Å². The molecule has 1 heterocycles. The first-order valence-electron chi connectivity index (χ1n) is 5.57. The van der Waals surface area contributed by atoms with Crippen LogP contribution in [0.25, 0.3) is 11.4 Å². The molecule has 0 spiro atoms. The molecule has 2 aromatic rings. The minimum Gasteiger partial charge on any atom is -0.492 e. The predicted molar refractivity (Wildman–Crippen MR) is 70.3 cm³/mol. The van der Waals surface area contributed by atoms with E-state index < -0.39 is 0 Å². The molecule has 17 heavy (non-hydrogen) atoms. The highest BCUT2D eigenvalue weighted by molar-refractivity contribution is 7.99. The topological polar surface area (TPSA) is 50.8 Å². The van der Waals surface area contributed by atoms with Gasteiger partial charge in [-0.25, -0.2) is 4.98 Å². The molecule has 0 saturated heterocycles. The molecule has 0 unspecified atom stereocenters. The highest BCUT2D eigenvalue weighted by atomic mass is 32.2. The molecule has 0 fully saturated rings. The van der Waals surface area contributed by atoms with Crippen molar-refractivity contribution in [1.82, 2.24) is 15.2 Å². The van der Waals surface area contributed by atoms with Crippen LogP contribution >= 0.6 is 11.8 Å². The molecular weight excluding hydrogens is 234 g/mol. The molecule has 0 aliphatic rings. The van der Waals surface area contributed by atoms with Crippen molar-refractivity contribution in [2.75, 3.05) is 18.1 Å². The molecule has 0 bridgehead atoms. The lowest BCUT2D eigenvalue weighted by atomic mass is 10.2. The maximum Gasteiger partial charge on any atom is 0.159 e. The van der Waals surface area contributed by atoms with Crippen molar-refractivity contribution in [2.24, 2.45) is 0 Å². The van der Waals surface area contributed by atoms with E-state index in [9.17, 15) is 0 Å². The van der Waals surface area contributed by atoms with Crippen molar-refractivity contribution in [1.29, 1.82) is 0 Å². The Bertz CT molecular complexity index is 445. The summed E-state index contributed by atoms with van der Waals surface area (Å²) in [5, 5.41) is 6.70. The number of benzene rings is 1. The molecule has 0 aliphatic heterocycles. The van der Waals surface area contributed by atoms with Crippen LogP contribution in [-0.4, -0.2) is 33.3 Å². The number of hydrogen-bond donors (Lipinski definition) is 1. The first-order valence-corrected chi connectivity index (χ1v) is 6.72. The van der Waals surface area contributed by atoms with Crippen molar-refractivity contribution in [3.8, 4) is 17.1 Å². The van der Waals surface area contributed by atoms with Crippen LogP contribution in [0.5, 0.6) is 5.75 Å². The Morgan fingerprint density at radius 3 is 3.00 bits per heavy atom. The molecule has 90 valence electrons. The fourth-order valence-electron chi connectivity index (χ4n) is 1.48. The minimum absolute atomic E-state index is 0.712. The van der Waals surface area contributed by atoms with E-state index in [-0.39, 0.29) is 0 Å². The van der Waals surface area contributed by atoms with Gasteiger partial charge in [-0.1, -0.05) is 19.1 Å². The Morgan fingerprint density at radius 1 is 1.35 bits per heavy atom. The van der Waals surface area contributed by atoms with Gasteiger partial charge in [-0.15, -0.1) is 0 Å². The number of para-hydroxylation sites is 1. The van der Waals surface area contributed by atoms with Crippen LogP contribution in [0.2, 0.25) is 0 Å². The predicted octanol–water partition coefficient (Wildman–Crippen LogP) is 2.60. The number of aromatic nitrogens is 3. The summed E-state index contributed by atoms with van der Waals surface area (Å²) in [4.78, 5) is 4.14. The third-order valence-electron chi connectivity index (χ3n) is 2.25. The van der Waals surface area contributed by atoms with Crippen LogP contribution in [0.3, 0.4) is 0 Å². The number of ether oxygens (including phenoxy) is 1. The van der Waals surface area contributed by atoms with Gasteiger partial charge >= 0.3 is 0 Å². The van der Waals surface area contributed by atoms with Gasteiger partial charge in [0.2, 0.25) is 0 Å². The Morgan fingerprint density at radius 2 is 2.24 bits per heavy atom. The number of hydrogen-bond acceptors (Lipinski definition) is 4. The van der Waals surface area contributed by atoms with Crippen LogP contribution in [0.1, 0.15) is 6.92 Å². The molecule has 2 rings (SSSR count). The lowest BCUT2D eigenvalue weighted by molar-refractivity contribution is 0.345. The second-order valence-corrected chi connectivity index (χ2v) is 4.77. The second-order valence-electron chi connectivity index (χ2n) is 3.38. The number of nitrogens with zero attached hydrogens (tertiary/aromatic N) is 2. The van der Waals surface area contributed by atoms with Crippen molar-refractivity contribution in [3.63, 3.8) is 0 Å². The highest BCUT2D eigenvalue weighted by Crippen LogP contribution is 2.26. The van der Waals surface area contributed by atoms with Gasteiger partial charge in [0.1, 0.15) is 12.1 Å². The molecule has 0 atom stereocenters. The second kappa shape index (κ2) is 6.30. The van der Waals surface area contributed by atoms with Gasteiger partial charge in [0.05, 0.1) is 12.2 Å². The fourth-order valence-corrected chi connectivity index (χ4v) is 1.97. The smallest absolute Gasteiger partial charge is 0.159 e. The molecule has 1 aromatic heterocycles. The Labute approximate surface area is 105 Å². The van der Waals surface area contributed by atoms with Gasteiger partial charge < -0.3 is 4.74 Å². The first-order chi connectivity index (χ1) is 8.42. The molecule has 0 amide bonds. The van der Waals surface area contributed by atoms with Gasteiger partial charge in [-0.3, -0.25) is 5.10 Å². The zero-order valence-corrected chi connectivity index (χ0v) is 10.5. The summed E-state index contributed by atoms with van der Waals surface area (Å²) in [5.74, 6) is 3.71. The number of aromatic amines is 1. The SMILES string of the molecule is CCSCCOc1ccccc1-c1ncn[nH]1. The van der Waals surface area contributed by atoms with Crippen LogP contribution in [-0.2, 0) is 0 Å². The van der Waals surface area contributed by atoms with Gasteiger partial charge in [0.25, 0.3) is 0 Å². The van der Waals surface area contributed by atoms with E-state index in [2.05, 4.69) is 22.1 Å². The van der Waals surface area contributed by atoms with Crippen molar-refractivity contribution in [3.05, 3.63) is 30.6 Å². The summed E-state index contributed by atoms with van der Waals surface area (Å²) < 4.78 is 5.75. The van der Waals surface area contributed by atoms with Crippen molar-refractivity contribution in [2.45, 2.75) is 6.92 Å². The van der Waals surface area contributed by atoms with Crippen LogP contribution in [0, 0.1) is 0 Å². The van der Waals surface area contributed by atoms with Gasteiger partial charge in [0, 0.05) is 5.75 Å². The number of thioether (sulfide) groups is 1.